The van der Waals surface area contributed by atoms with Gasteiger partial charge in [0.15, 0.2) is 0 Å². The Kier molecular flexibility index (Phi) is 4.17. The number of piperidine rings is 1. The molecule has 2 aliphatic heterocycles. The van der Waals surface area contributed by atoms with Gasteiger partial charge in [0.05, 0.1) is 0 Å². The zero-order valence-corrected chi connectivity index (χ0v) is 16.0. The number of carbonyl (C=O) groups is 2. The molecule has 4 rings (SSSR count). The van der Waals surface area contributed by atoms with E-state index in [1.165, 1.54) is 0 Å². The third kappa shape index (κ3) is 2.78. The minimum Gasteiger partial charge on any atom is -0.350 e. The van der Waals surface area contributed by atoms with E-state index in [9.17, 15) is 9.59 Å². The first-order valence-corrected chi connectivity index (χ1v) is 9.42. The summed E-state index contributed by atoms with van der Waals surface area (Å²) in [6.45, 7) is 3.11. The number of hydrogen-bond acceptors (Lipinski definition) is 4. The maximum Gasteiger partial charge on any atom is 0.270 e. The molecule has 2 amide bonds. The van der Waals surface area contributed by atoms with Gasteiger partial charge in [0.25, 0.3) is 11.8 Å². The number of H-pyrrole nitrogens is 1. The number of aromatic amines is 1. The molecule has 0 aliphatic carbocycles. The van der Waals surface area contributed by atoms with E-state index < -0.39 is 5.54 Å². The molecule has 0 bridgehead atoms. The van der Waals surface area contributed by atoms with Crippen LogP contribution in [0.25, 0.3) is 10.9 Å². The summed E-state index contributed by atoms with van der Waals surface area (Å²) in [6, 6.07) is 8.01. The summed E-state index contributed by atoms with van der Waals surface area (Å²) < 4.78 is 0. The number of aryl methyl sites for hydroxylation is 1. The van der Waals surface area contributed by atoms with E-state index in [0.717, 1.165) is 22.9 Å². The van der Waals surface area contributed by atoms with Gasteiger partial charge < -0.3 is 14.8 Å². The summed E-state index contributed by atoms with van der Waals surface area (Å²) in [7, 11) is 3.72. The molecule has 0 unspecified atom stereocenters. The van der Waals surface area contributed by atoms with E-state index in [0.29, 0.717) is 37.6 Å². The standard InChI is InChI=1S/C20H25N5O2/c1-4-13-14-7-5-6-8-15(14)21-16(13)17(26)25-11-9-20(10-12-25)18(27)22-19(23-20)24(2)3/h5-8,21H,4,9-12H2,1-3H3,(H,22,23,27). The second-order valence-corrected chi connectivity index (χ2v) is 7.49. The van der Waals surface area contributed by atoms with Gasteiger partial charge in [-0.15, -0.1) is 0 Å². The molecule has 2 N–H and O–H groups in total. The number of nitrogens with zero attached hydrogens (tertiary/aromatic N) is 3. The minimum atomic E-state index is -0.732. The lowest BCUT2D eigenvalue weighted by Crippen LogP contribution is -2.50. The van der Waals surface area contributed by atoms with Crippen LogP contribution < -0.4 is 5.32 Å². The van der Waals surface area contributed by atoms with E-state index >= 15 is 0 Å². The van der Waals surface area contributed by atoms with Gasteiger partial charge in [-0.05, 0) is 30.9 Å². The first-order chi connectivity index (χ1) is 12.9. The van der Waals surface area contributed by atoms with E-state index in [2.05, 4.69) is 22.2 Å². The number of nitrogens with one attached hydrogen (secondary N) is 2. The van der Waals surface area contributed by atoms with E-state index in [-0.39, 0.29) is 11.8 Å². The van der Waals surface area contributed by atoms with Crippen molar-refractivity contribution >= 4 is 28.7 Å². The highest BCUT2D eigenvalue weighted by molar-refractivity contribution is 6.07. The summed E-state index contributed by atoms with van der Waals surface area (Å²) in [5.74, 6) is 0.551. The van der Waals surface area contributed by atoms with Crippen LogP contribution in [-0.4, -0.2) is 65.3 Å². The predicted octanol–water partition coefficient (Wildman–Crippen LogP) is 1.75. The number of aliphatic imine (C=N–C) groups is 1. The summed E-state index contributed by atoms with van der Waals surface area (Å²) in [5.41, 5.74) is 1.98. The van der Waals surface area contributed by atoms with Gasteiger partial charge in [0.1, 0.15) is 11.2 Å². The van der Waals surface area contributed by atoms with Crippen molar-refractivity contribution in [3.63, 3.8) is 0 Å². The lowest BCUT2D eigenvalue weighted by molar-refractivity contribution is -0.125. The Morgan fingerprint density at radius 2 is 1.96 bits per heavy atom. The topological polar surface area (TPSA) is 80.8 Å². The second kappa shape index (κ2) is 6.40. The highest BCUT2D eigenvalue weighted by Crippen LogP contribution is 2.32. The molecule has 0 radical (unpaired) electrons. The number of guanidine groups is 1. The molecule has 2 aromatic rings. The maximum absolute atomic E-state index is 13.2. The minimum absolute atomic E-state index is 0.00752. The fraction of sp³-hybridized carbons (Fsp3) is 0.450. The van der Waals surface area contributed by atoms with Gasteiger partial charge >= 0.3 is 0 Å². The molecule has 1 spiro atoms. The Hall–Kier alpha value is -2.83. The third-order valence-electron chi connectivity index (χ3n) is 5.65. The predicted molar refractivity (Wildman–Crippen MR) is 105 cm³/mol. The van der Waals surface area contributed by atoms with Crippen molar-refractivity contribution in [3.8, 4) is 0 Å². The summed E-state index contributed by atoms with van der Waals surface area (Å²) in [4.78, 5) is 37.2. The summed E-state index contributed by atoms with van der Waals surface area (Å²) >= 11 is 0. The van der Waals surface area contributed by atoms with Crippen LogP contribution in [0.15, 0.2) is 29.3 Å². The van der Waals surface area contributed by atoms with Crippen LogP contribution in [0.4, 0.5) is 0 Å². The molecular weight excluding hydrogens is 342 g/mol. The molecule has 1 fully saturated rings. The van der Waals surface area contributed by atoms with Crippen LogP contribution in [-0.2, 0) is 11.2 Å². The lowest BCUT2D eigenvalue weighted by Gasteiger charge is -2.35. The highest BCUT2D eigenvalue weighted by atomic mass is 16.2. The van der Waals surface area contributed by atoms with Crippen molar-refractivity contribution in [1.82, 2.24) is 20.1 Å². The Bertz CT molecular complexity index is 935. The van der Waals surface area contributed by atoms with Crippen molar-refractivity contribution in [1.29, 1.82) is 0 Å². The summed E-state index contributed by atoms with van der Waals surface area (Å²) in [6.07, 6.45) is 1.88. The molecule has 1 saturated heterocycles. The van der Waals surface area contributed by atoms with Crippen molar-refractivity contribution in [2.45, 2.75) is 31.7 Å². The second-order valence-electron chi connectivity index (χ2n) is 7.49. The van der Waals surface area contributed by atoms with Gasteiger partial charge in [-0.3, -0.25) is 14.9 Å². The van der Waals surface area contributed by atoms with E-state index in [1.807, 2.05) is 48.2 Å². The fourth-order valence-electron chi connectivity index (χ4n) is 4.04. The van der Waals surface area contributed by atoms with Gasteiger partial charge in [-0.2, -0.15) is 0 Å². The Balaban J connectivity index is 1.56. The number of likely N-dealkylation sites (tertiary alicyclic amines) is 1. The van der Waals surface area contributed by atoms with E-state index in [1.54, 1.807) is 0 Å². The molecule has 27 heavy (non-hydrogen) atoms. The highest BCUT2D eigenvalue weighted by Gasteiger charge is 2.47. The number of para-hydroxylation sites is 1. The Morgan fingerprint density at radius 1 is 1.26 bits per heavy atom. The third-order valence-corrected chi connectivity index (χ3v) is 5.65. The molecule has 0 saturated carbocycles. The van der Waals surface area contributed by atoms with Gasteiger partial charge in [0.2, 0.25) is 5.96 Å². The average molecular weight is 367 g/mol. The molecule has 7 nitrogen and oxygen atoms in total. The first-order valence-electron chi connectivity index (χ1n) is 9.42. The molecule has 7 heteroatoms. The zero-order valence-electron chi connectivity index (χ0n) is 16.0. The number of carbonyl (C=O) groups excluding carboxylic acids is 2. The molecule has 0 atom stereocenters. The molecule has 2 aliphatic rings. The average Bonchev–Trinajstić information content (AvgIpc) is 3.20. The fourth-order valence-corrected chi connectivity index (χ4v) is 4.04. The number of fused-ring (bicyclic) bond motifs is 1. The Morgan fingerprint density at radius 3 is 2.59 bits per heavy atom. The van der Waals surface area contributed by atoms with Crippen LogP contribution in [0.3, 0.4) is 0 Å². The first kappa shape index (κ1) is 17.6. The number of hydrogen-bond donors (Lipinski definition) is 2. The number of rotatable bonds is 2. The molecule has 1 aromatic carbocycles. The zero-order chi connectivity index (χ0) is 19.2. The lowest BCUT2D eigenvalue weighted by atomic mass is 9.88. The normalized spacial score (nSPS) is 18.7. The van der Waals surface area contributed by atoms with E-state index in [4.69, 9.17) is 0 Å². The number of benzene rings is 1. The maximum atomic E-state index is 13.2. The monoisotopic (exact) mass is 367 g/mol. The van der Waals surface area contributed by atoms with Crippen molar-refractivity contribution < 1.29 is 9.59 Å². The van der Waals surface area contributed by atoms with Gasteiger partial charge in [0, 0.05) is 38.1 Å². The Labute approximate surface area is 158 Å². The molecule has 142 valence electrons. The number of amides is 2. The van der Waals surface area contributed by atoms with Crippen LogP contribution in [0.1, 0.15) is 35.8 Å². The largest absolute Gasteiger partial charge is 0.350 e. The molecule has 3 heterocycles. The SMILES string of the molecule is CCc1c(C(=O)N2CCC3(CC2)N=C(N(C)C)NC3=O)[nH]c2ccccc12. The van der Waals surface area contributed by atoms with Crippen LogP contribution in [0, 0.1) is 0 Å². The quantitative estimate of drug-likeness (QED) is 0.849. The van der Waals surface area contributed by atoms with Crippen LogP contribution in [0.5, 0.6) is 0 Å². The van der Waals surface area contributed by atoms with Gasteiger partial charge in [-0.25, -0.2) is 4.99 Å². The molecular formula is C20H25N5O2. The van der Waals surface area contributed by atoms with Gasteiger partial charge in [-0.1, -0.05) is 25.1 Å². The van der Waals surface area contributed by atoms with Crippen LogP contribution >= 0.6 is 0 Å². The van der Waals surface area contributed by atoms with Crippen molar-refractivity contribution in [3.05, 3.63) is 35.5 Å². The van der Waals surface area contributed by atoms with Crippen molar-refractivity contribution in [2.75, 3.05) is 27.2 Å². The number of aromatic nitrogens is 1. The molecule has 1 aromatic heterocycles. The van der Waals surface area contributed by atoms with Crippen molar-refractivity contribution in [2.24, 2.45) is 4.99 Å². The summed E-state index contributed by atoms with van der Waals surface area (Å²) in [5, 5.41) is 3.96. The smallest absolute Gasteiger partial charge is 0.270 e. The van der Waals surface area contributed by atoms with Crippen LogP contribution in [0.2, 0.25) is 0 Å².